The van der Waals surface area contributed by atoms with Crippen LogP contribution in [0.5, 0.6) is 0 Å². The van der Waals surface area contributed by atoms with Crippen LogP contribution in [-0.4, -0.2) is 26.7 Å². The lowest BCUT2D eigenvalue weighted by atomic mass is 9.97. The lowest BCUT2D eigenvalue weighted by Gasteiger charge is -2.29. The molecule has 2 aromatic rings. The lowest BCUT2D eigenvalue weighted by Crippen LogP contribution is -2.46. The fourth-order valence-corrected chi connectivity index (χ4v) is 2.69. The van der Waals surface area contributed by atoms with Gasteiger partial charge in [-0.05, 0) is 47.2 Å². The first-order valence-electron chi connectivity index (χ1n) is 6.87. The molecule has 2 N–H and O–H groups in total. The second-order valence-electron chi connectivity index (χ2n) is 5.41. The molecule has 2 rings (SSSR count). The molecule has 0 bridgehead atoms. The molecule has 9 heteroatoms. The highest BCUT2D eigenvalue weighted by Crippen LogP contribution is 2.40. The number of nitrogens with zero attached hydrogens (tertiary/aromatic N) is 2. The number of aliphatic hydroxyl groups is 1. The molecule has 0 aliphatic carbocycles. The molecule has 1 aromatic heterocycles. The van der Waals surface area contributed by atoms with Crippen molar-refractivity contribution in [2.24, 2.45) is 7.05 Å². The molecule has 1 aromatic carbocycles. The molecule has 0 saturated carbocycles. The number of halogens is 4. The van der Waals surface area contributed by atoms with Crippen LogP contribution in [0.15, 0.2) is 30.6 Å². The Morgan fingerprint density at radius 2 is 2.08 bits per heavy atom. The quantitative estimate of drug-likeness (QED) is 0.700. The van der Waals surface area contributed by atoms with Gasteiger partial charge < -0.3 is 15.0 Å². The van der Waals surface area contributed by atoms with E-state index in [0.29, 0.717) is 5.69 Å². The molecule has 0 fully saturated rings. The fourth-order valence-electron chi connectivity index (χ4n) is 2.18. The van der Waals surface area contributed by atoms with Crippen molar-refractivity contribution in [3.63, 3.8) is 0 Å². The van der Waals surface area contributed by atoms with E-state index in [4.69, 9.17) is 0 Å². The standard InChI is InChI=1S/C15H15F3IN3O2/c1-9-3-4-10(7-11(9)19)21-12(23)8-14(24,15(16,17)18)13-20-5-6-22(13)2/h3-7,24H,8H2,1-2H3,(H,21,23). The molecule has 1 amide bonds. The third-order valence-electron chi connectivity index (χ3n) is 3.53. The molecular formula is C15H15F3IN3O2. The second kappa shape index (κ2) is 6.71. The highest BCUT2D eigenvalue weighted by Gasteiger charge is 2.58. The van der Waals surface area contributed by atoms with E-state index >= 15 is 0 Å². The highest BCUT2D eigenvalue weighted by atomic mass is 127. The van der Waals surface area contributed by atoms with E-state index in [2.05, 4.69) is 32.9 Å². The van der Waals surface area contributed by atoms with E-state index in [0.717, 1.165) is 19.9 Å². The molecule has 0 aliphatic heterocycles. The zero-order valence-corrected chi connectivity index (χ0v) is 15.0. The van der Waals surface area contributed by atoms with Crippen molar-refractivity contribution >= 4 is 34.2 Å². The number of hydrogen-bond donors (Lipinski definition) is 2. The maximum absolute atomic E-state index is 13.4. The van der Waals surface area contributed by atoms with Crippen LogP contribution in [0.2, 0.25) is 0 Å². The molecule has 1 unspecified atom stereocenters. The number of rotatable bonds is 4. The highest BCUT2D eigenvalue weighted by molar-refractivity contribution is 14.1. The number of benzene rings is 1. The van der Waals surface area contributed by atoms with E-state index < -0.39 is 29.9 Å². The Morgan fingerprint density at radius 3 is 2.58 bits per heavy atom. The van der Waals surface area contributed by atoms with Crippen LogP contribution in [0.4, 0.5) is 18.9 Å². The van der Waals surface area contributed by atoms with Crippen LogP contribution >= 0.6 is 22.6 Å². The molecule has 130 valence electrons. The minimum atomic E-state index is -5.05. The normalized spacial score (nSPS) is 14.3. The Morgan fingerprint density at radius 1 is 1.42 bits per heavy atom. The summed E-state index contributed by atoms with van der Waals surface area (Å²) in [7, 11) is 1.32. The SMILES string of the molecule is Cc1ccc(NC(=O)CC(O)(c2nccn2C)C(F)(F)F)cc1I. The molecule has 1 atom stereocenters. The van der Waals surface area contributed by atoms with E-state index in [-0.39, 0.29) is 0 Å². The average Bonchev–Trinajstić information content (AvgIpc) is 2.88. The summed E-state index contributed by atoms with van der Waals surface area (Å²) in [5, 5.41) is 12.5. The van der Waals surface area contributed by atoms with Crippen molar-refractivity contribution in [3.05, 3.63) is 45.6 Å². The van der Waals surface area contributed by atoms with Crippen molar-refractivity contribution in [2.75, 3.05) is 5.32 Å². The average molecular weight is 453 g/mol. The fraction of sp³-hybridized carbons (Fsp3) is 0.333. The number of aromatic nitrogens is 2. The second-order valence-corrected chi connectivity index (χ2v) is 6.57. The first-order chi connectivity index (χ1) is 11.0. The summed E-state index contributed by atoms with van der Waals surface area (Å²) in [5.41, 5.74) is -2.03. The third-order valence-corrected chi connectivity index (χ3v) is 4.69. The number of carbonyl (C=O) groups is 1. The van der Waals surface area contributed by atoms with Crippen molar-refractivity contribution in [3.8, 4) is 0 Å². The molecule has 5 nitrogen and oxygen atoms in total. The number of hydrogen-bond acceptors (Lipinski definition) is 3. The summed E-state index contributed by atoms with van der Waals surface area (Å²) in [4.78, 5) is 15.6. The zero-order valence-electron chi connectivity index (χ0n) is 12.9. The van der Waals surface area contributed by atoms with E-state index in [1.807, 2.05) is 6.92 Å². The van der Waals surface area contributed by atoms with Crippen molar-refractivity contribution in [2.45, 2.75) is 25.1 Å². The van der Waals surface area contributed by atoms with Crippen molar-refractivity contribution < 1.29 is 23.1 Å². The first kappa shape index (κ1) is 18.7. The number of carbonyl (C=O) groups excluding carboxylic acids is 1. The summed E-state index contributed by atoms with van der Waals surface area (Å²) in [6.07, 6.45) is -3.84. The van der Waals surface area contributed by atoms with Crippen LogP contribution in [0.3, 0.4) is 0 Å². The predicted octanol–water partition coefficient (Wildman–Crippen LogP) is 3.11. The van der Waals surface area contributed by atoms with Crippen LogP contribution < -0.4 is 5.32 Å². The summed E-state index contributed by atoms with van der Waals surface area (Å²) >= 11 is 2.06. The van der Waals surface area contributed by atoms with E-state index in [9.17, 15) is 23.1 Å². The van der Waals surface area contributed by atoms with Gasteiger partial charge in [0.25, 0.3) is 0 Å². The Labute approximate surface area is 150 Å². The van der Waals surface area contributed by atoms with Crippen molar-refractivity contribution in [1.29, 1.82) is 0 Å². The smallest absolute Gasteiger partial charge is 0.374 e. The summed E-state index contributed by atoms with van der Waals surface area (Å²) in [5.74, 6) is -1.60. The van der Waals surface area contributed by atoms with E-state index in [1.54, 1.807) is 18.2 Å². The summed E-state index contributed by atoms with van der Waals surface area (Å²) in [6, 6.07) is 4.97. The Hall–Kier alpha value is -1.62. The monoisotopic (exact) mass is 453 g/mol. The van der Waals surface area contributed by atoms with Gasteiger partial charge in [0.2, 0.25) is 11.5 Å². The minimum Gasteiger partial charge on any atom is -0.374 e. The van der Waals surface area contributed by atoms with Gasteiger partial charge in [0.05, 0.1) is 6.42 Å². The topological polar surface area (TPSA) is 67.2 Å². The van der Waals surface area contributed by atoms with Gasteiger partial charge in [0.1, 0.15) is 0 Å². The summed E-state index contributed by atoms with van der Waals surface area (Å²) < 4.78 is 42.0. The zero-order chi connectivity index (χ0) is 18.1. The molecule has 0 spiro atoms. The van der Waals surface area contributed by atoms with Crippen LogP contribution in [0.1, 0.15) is 17.8 Å². The van der Waals surface area contributed by atoms with Gasteiger partial charge in [-0.1, -0.05) is 6.07 Å². The van der Waals surface area contributed by atoms with Gasteiger partial charge in [-0.3, -0.25) is 4.79 Å². The molecule has 24 heavy (non-hydrogen) atoms. The number of aryl methyl sites for hydroxylation is 2. The predicted molar refractivity (Wildman–Crippen MR) is 90.3 cm³/mol. The van der Waals surface area contributed by atoms with Crippen LogP contribution in [0, 0.1) is 10.5 Å². The maximum Gasteiger partial charge on any atom is 0.425 e. The number of nitrogens with one attached hydrogen (secondary N) is 1. The van der Waals surface area contributed by atoms with Crippen LogP contribution in [-0.2, 0) is 17.4 Å². The van der Waals surface area contributed by atoms with Crippen LogP contribution in [0.25, 0.3) is 0 Å². The lowest BCUT2D eigenvalue weighted by molar-refractivity contribution is -0.270. The number of anilines is 1. The van der Waals surface area contributed by atoms with Gasteiger partial charge in [0.15, 0.2) is 5.82 Å². The molecule has 0 radical (unpaired) electrons. The Bertz CT molecular complexity index is 761. The van der Waals surface area contributed by atoms with Gasteiger partial charge in [-0.15, -0.1) is 0 Å². The van der Waals surface area contributed by atoms with Gasteiger partial charge in [-0.2, -0.15) is 13.2 Å². The van der Waals surface area contributed by atoms with Gasteiger partial charge >= 0.3 is 6.18 Å². The molecule has 1 heterocycles. The minimum absolute atomic E-state index is 0.361. The Kier molecular flexibility index (Phi) is 5.23. The third kappa shape index (κ3) is 3.72. The molecule has 0 saturated heterocycles. The Balaban J connectivity index is 2.25. The van der Waals surface area contributed by atoms with E-state index in [1.165, 1.54) is 13.2 Å². The number of amides is 1. The first-order valence-corrected chi connectivity index (χ1v) is 7.95. The molecular weight excluding hydrogens is 438 g/mol. The number of imidazole rings is 1. The van der Waals surface area contributed by atoms with Gasteiger partial charge in [-0.25, -0.2) is 4.98 Å². The molecule has 0 aliphatic rings. The van der Waals surface area contributed by atoms with Gasteiger partial charge in [0, 0.05) is 28.7 Å². The maximum atomic E-state index is 13.4. The van der Waals surface area contributed by atoms with Crippen molar-refractivity contribution in [1.82, 2.24) is 9.55 Å². The summed E-state index contributed by atoms with van der Waals surface area (Å²) in [6.45, 7) is 1.87. The largest absolute Gasteiger partial charge is 0.425 e. The number of alkyl halides is 3.